The molecular weight excluding hydrogens is 398 g/mol. The van der Waals surface area contributed by atoms with Gasteiger partial charge in [0.2, 0.25) is 5.91 Å². The number of nitrogens with zero attached hydrogens (tertiary/aromatic N) is 1. The zero-order chi connectivity index (χ0) is 19.4. The van der Waals surface area contributed by atoms with Gasteiger partial charge >= 0.3 is 6.61 Å². The number of halogens is 2. The summed E-state index contributed by atoms with van der Waals surface area (Å²) >= 11 is 1.10. The van der Waals surface area contributed by atoms with Gasteiger partial charge in [-0.25, -0.2) is 8.42 Å². The number of sulfonamides is 1. The Morgan fingerprint density at radius 2 is 2.07 bits per heavy atom. The predicted octanol–water partition coefficient (Wildman–Crippen LogP) is 2.82. The quantitative estimate of drug-likeness (QED) is 0.753. The highest BCUT2D eigenvalue weighted by molar-refractivity contribution is 7.91. The van der Waals surface area contributed by atoms with Crippen molar-refractivity contribution in [1.29, 1.82) is 0 Å². The van der Waals surface area contributed by atoms with Crippen LogP contribution in [0.4, 0.5) is 8.78 Å². The average Bonchev–Trinajstić information content (AvgIpc) is 3.32. The van der Waals surface area contributed by atoms with Crippen LogP contribution in [-0.4, -0.2) is 37.8 Å². The summed E-state index contributed by atoms with van der Waals surface area (Å²) in [7, 11) is -3.73. The van der Waals surface area contributed by atoms with E-state index in [9.17, 15) is 22.0 Å². The van der Waals surface area contributed by atoms with Crippen LogP contribution in [0.5, 0.6) is 5.75 Å². The molecule has 1 amide bonds. The lowest BCUT2D eigenvalue weighted by molar-refractivity contribution is -0.124. The molecule has 1 aliphatic heterocycles. The number of ether oxygens (including phenoxy) is 1. The van der Waals surface area contributed by atoms with E-state index in [2.05, 4.69) is 10.1 Å². The smallest absolute Gasteiger partial charge is 0.387 e. The molecule has 6 nitrogen and oxygen atoms in total. The lowest BCUT2D eigenvalue weighted by atomic mass is 10.2. The molecule has 1 fully saturated rings. The van der Waals surface area contributed by atoms with E-state index in [1.165, 1.54) is 16.4 Å². The predicted molar refractivity (Wildman–Crippen MR) is 96.2 cm³/mol. The van der Waals surface area contributed by atoms with Gasteiger partial charge in [0.15, 0.2) is 0 Å². The van der Waals surface area contributed by atoms with Gasteiger partial charge in [-0.2, -0.15) is 13.1 Å². The van der Waals surface area contributed by atoms with Crippen molar-refractivity contribution in [2.45, 2.75) is 36.2 Å². The highest BCUT2D eigenvalue weighted by Gasteiger charge is 2.39. The van der Waals surface area contributed by atoms with Crippen molar-refractivity contribution in [2.24, 2.45) is 0 Å². The minimum atomic E-state index is -3.73. The summed E-state index contributed by atoms with van der Waals surface area (Å²) in [4.78, 5) is 12.6. The van der Waals surface area contributed by atoms with E-state index in [0.717, 1.165) is 11.3 Å². The van der Waals surface area contributed by atoms with Crippen molar-refractivity contribution >= 4 is 27.3 Å². The Hall–Kier alpha value is -2.04. The number of carbonyl (C=O) groups is 1. The topological polar surface area (TPSA) is 75.7 Å². The third kappa shape index (κ3) is 4.45. The number of hydrogen-bond acceptors (Lipinski definition) is 5. The Bertz CT molecular complexity index is 888. The molecule has 27 heavy (non-hydrogen) atoms. The Morgan fingerprint density at radius 1 is 1.30 bits per heavy atom. The van der Waals surface area contributed by atoms with Crippen molar-refractivity contribution in [1.82, 2.24) is 9.62 Å². The number of alkyl halides is 2. The van der Waals surface area contributed by atoms with E-state index in [1.54, 1.807) is 29.6 Å². The van der Waals surface area contributed by atoms with Gasteiger partial charge in [-0.05, 0) is 30.4 Å². The molecule has 0 bridgehead atoms. The molecule has 0 aliphatic carbocycles. The first-order valence-corrected chi connectivity index (χ1v) is 10.6. The molecule has 2 aromatic rings. The molecule has 1 aromatic heterocycles. The minimum absolute atomic E-state index is 0.0257. The number of nitrogens with one attached hydrogen (secondary N) is 1. The normalized spacial score (nSPS) is 18.0. The van der Waals surface area contributed by atoms with Crippen LogP contribution in [0.2, 0.25) is 0 Å². The van der Waals surface area contributed by atoms with Crippen molar-refractivity contribution in [3.63, 3.8) is 0 Å². The first kappa shape index (κ1) is 19.7. The van der Waals surface area contributed by atoms with Crippen molar-refractivity contribution in [3.05, 3.63) is 47.3 Å². The molecular formula is C17H18F2N2O4S2. The molecule has 0 spiro atoms. The maximum atomic E-state index is 12.7. The number of rotatable bonds is 7. The van der Waals surface area contributed by atoms with Gasteiger partial charge in [-0.15, -0.1) is 11.3 Å². The number of hydrogen-bond donors (Lipinski definition) is 1. The fourth-order valence-electron chi connectivity index (χ4n) is 2.98. The lowest BCUT2D eigenvalue weighted by Gasteiger charge is -2.23. The summed E-state index contributed by atoms with van der Waals surface area (Å²) in [5.74, 6) is -0.484. The number of thiophene rings is 1. The molecule has 146 valence electrons. The zero-order valence-corrected chi connectivity index (χ0v) is 15.8. The maximum absolute atomic E-state index is 12.7. The van der Waals surface area contributed by atoms with Crippen LogP contribution in [-0.2, 0) is 21.4 Å². The van der Waals surface area contributed by atoms with Crippen molar-refractivity contribution in [3.8, 4) is 5.75 Å². The lowest BCUT2D eigenvalue weighted by Crippen LogP contribution is -2.45. The summed E-state index contributed by atoms with van der Waals surface area (Å²) < 4.78 is 56.2. The molecule has 10 heteroatoms. The summed E-state index contributed by atoms with van der Waals surface area (Å²) in [6.07, 6.45) is 0.986. The summed E-state index contributed by atoms with van der Waals surface area (Å²) in [5.41, 5.74) is 0.386. The van der Waals surface area contributed by atoms with Crippen LogP contribution >= 0.6 is 11.3 Å². The SMILES string of the molecule is O=C(NCc1ccccc1OC(F)F)[C@@H]1CCCN1S(=O)(=O)c1cccs1. The first-order chi connectivity index (χ1) is 12.9. The van der Waals surface area contributed by atoms with Gasteiger partial charge in [0.1, 0.15) is 16.0 Å². The Balaban J connectivity index is 1.70. The monoisotopic (exact) mass is 416 g/mol. The molecule has 0 unspecified atom stereocenters. The van der Waals surface area contributed by atoms with Gasteiger partial charge in [0.25, 0.3) is 10.0 Å². The van der Waals surface area contributed by atoms with Crippen LogP contribution in [0, 0.1) is 0 Å². The number of benzene rings is 1. The van der Waals surface area contributed by atoms with Gasteiger partial charge < -0.3 is 10.1 Å². The minimum Gasteiger partial charge on any atom is -0.434 e. The van der Waals surface area contributed by atoms with E-state index in [1.807, 2.05) is 0 Å². The molecule has 1 atom stereocenters. The molecule has 0 saturated carbocycles. The molecule has 1 N–H and O–H groups in total. The fraction of sp³-hybridized carbons (Fsp3) is 0.353. The fourth-order valence-corrected chi connectivity index (χ4v) is 5.75. The largest absolute Gasteiger partial charge is 0.434 e. The number of amides is 1. The molecule has 1 aliphatic rings. The van der Waals surface area contributed by atoms with Gasteiger partial charge in [-0.1, -0.05) is 24.3 Å². The third-order valence-electron chi connectivity index (χ3n) is 4.21. The van der Waals surface area contributed by atoms with E-state index in [0.29, 0.717) is 18.4 Å². The second-order valence-corrected chi connectivity index (χ2v) is 8.97. The number of para-hydroxylation sites is 1. The summed E-state index contributed by atoms with van der Waals surface area (Å²) in [6.45, 7) is -2.74. The van der Waals surface area contributed by atoms with Gasteiger partial charge in [0, 0.05) is 18.7 Å². The first-order valence-electron chi connectivity index (χ1n) is 8.25. The Kier molecular flexibility index (Phi) is 6.08. The van der Waals surface area contributed by atoms with E-state index in [4.69, 9.17) is 0 Å². The second-order valence-electron chi connectivity index (χ2n) is 5.91. The molecule has 1 saturated heterocycles. The van der Waals surface area contributed by atoms with Crippen LogP contribution in [0.25, 0.3) is 0 Å². The Labute approximate surface area is 159 Å². The number of carbonyl (C=O) groups excluding carboxylic acids is 1. The summed E-state index contributed by atoms with van der Waals surface area (Å²) in [6, 6.07) is 8.47. The standard InChI is InChI=1S/C17H18F2N2O4S2/c18-17(19)25-14-7-2-1-5-12(14)11-20-16(22)13-6-3-9-21(13)27(23,24)15-8-4-10-26-15/h1-2,4-5,7-8,10,13,17H,3,6,9,11H2,(H,20,22)/t13-/m0/s1. The van der Waals surface area contributed by atoms with Crippen molar-refractivity contribution < 1.29 is 26.7 Å². The van der Waals surface area contributed by atoms with Crippen LogP contribution < -0.4 is 10.1 Å². The molecule has 0 radical (unpaired) electrons. The zero-order valence-electron chi connectivity index (χ0n) is 14.2. The highest BCUT2D eigenvalue weighted by atomic mass is 32.2. The van der Waals surface area contributed by atoms with Crippen LogP contribution in [0.15, 0.2) is 46.0 Å². The average molecular weight is 416 g/mol. The third-order valence-corrected chi connectivity index (χ3v) is 7.49. The Morgan fingerprint density at radius 3 is 2.78 bits per heavy atom. The molecule has 2 heterocycles. The van der Waals surface area contributed by atoms with E-state index < -0.39 is 28.6 Å². The highest BCUT2D eigenvalue weighted by Crippen LogP contribution is 2.29. The van der Waals surface area contributed by atoms with Crippen LogP contribution in [0.1, 0.15) is 18.4 Å². The van der Waals surface area contributed by atoms with Crippen molar-refractivity contribution in [2.75, 3.05) is 6.54 Å². The van der Waals surface area contributed by atoms with Crippen LogP contribution in [0.3, 0.4) is 0 Å². The maximum Gasteiger partial charge on any atom is 0.387 e. The van der Waals surface area contributed by atoms with Gasteiger partial charge in [0.05, 0.1) is 0 Å². The molecule has 1 aromatic carbocycles. The second kappa shape index (κ2) is 8.32. The molecule has 3 rings (SSSR count). The van der Waals surface area contributed by atoms with Gasteiger partial charge in [-0.3, -0.25) is 4.79 Å². The van der Waals surface area contributed by atoms with E-state index in [-0.39, 0.29) is 23.0 Å². The van der Waals surface area contributed by atoms with E-state index >= 15 is 0 Å². The summed E-state index contributed by atoms with van der Waals surface area (Å²) in [5, 5.41) is 4.30.